The minimum atomic E-state index is -0.200. The molecule has 1 atom stereocenters. The Bertz CT molecular complexity index is 597. The fraction of sp³-hybridized carbons (Fsp3) is 0.250. The molecule has 1 heterocycles. The van der Waals surface area contributed by atoms with E-state index in [0.29, 0.717) is 0 Å². The van der Waals surface area contributed by atoms with E-state index in [9.17, 15) is 4.39 Å². The zero-order valence-electron chi connectivity index (χ0n) is 10.8. The zero-order valence-corrected chi connectivity index (χ0v) is 10.8. The maximum absolute atomic E-state index is 13.4. The van der Waals surface area contributed by atoms with E-state index < -0.39 is 0 Å². The molecule has 19 heavy (non-hydrogen) atoms. The van der Waals surface area contributed by atoms with Gasteiger partial charge in [0.25, 0.3) is 0 Å². The second-order valence-corrected chi connectivity index (χ2v) is 4.76. The lowest BCUT2D eigenvalue weighted by Crippen LogP contribution is -2.30. The first kappa shape index (κ1) is 12.2. The average Bonchev–Trinajstić information content (AvgIpc) is 2.46. The molecular formula is C16H16FNO. The van der Waals surface area contributed by atoms with Gasteiger partial charge in [-0.1, -0.05) is 18.2 Å². The van der Waals surface area contributed by atoms with Gasteiger partial charge in [-0.05, 0) is 47.4 Å². The standard InChI is InChI=1S/C16H16FNO/c1-19-14-6-5-11-7-8-18-16(15(11)10-14)12-3-2-4-13(17)9-12/h2-6,9-10,16,18H,7-8H2,1H3. The third kappa shape index (κ3) is 2.34. The van der Waals surface area contributed by atoms with Gasteiger partial charge >= 0.3 is 0 Å². The van der Waals surface area contributed by atoms with Gasteiger partial charge in [-0.25, -0.2) is 4.39 Å². The van der Waals surface area contributed by atoms with Crippen LogP contribution in [0.3, 0.4) is 0 Å². The molecule has 0 aromatic heterocycles. The first-order chi connectivity index (χ1) is 9.28. The van der Waals surface area contributed by atoms with E-state index in [0.717, 1.165) is 24.3 Å². The summed E-state index contributed by atoms with van der Waals surface area (Å²) in [6.45, 7) is 0.903. The molecule has 1 aliphatic rings. The predicted molar refractivity (Wildman–Crippen MR) is 72.9 cm³/mol. The third-order valence-electron chi connectivity index (χ3n) is 3.59. The SMILES string of the molecule is COc1ccc2c(c1)C(c1cccc(F)c1)NCC2. The lowest BCUT2D eigenvalue weighted by Gasteiger charge is -2.27. The van der Waals surface area contributed by atoms with Crippen molar-refractivity contribution in [2.24, 2.45) is 0 Å². The molecule has 2 nitrogen and oxygen atoms in total. The molecule has 98 valence electrons. The van der Waals surface area contributed by atoms with Crippen molar-refractivity contribution in [3.8, 4) is 5.75 Å². The Labute approximate surface area is 112 Å². The van der Waals surface area contributed by atoms with Crippen LogP contribution in [0.25, 0.3) is 0 Å². The Balaban J connectivity index is 2.06. The van der Waals surface area contributed by atoms with Gasteiger partial charge in [-0.3, -0.25) is 0 Å². The predicted octanol–water partition coefficient (Wildman–Crippen LogP) is 3.07. The molecule has 3 heteroatoms. The topological polar surface area (TPSA) is 21.3 Å². The Morgan fingerprint density at radius 1 is 1.21 bits per heavy atom. The maximum Gasteiger partial charge on any atom is 0.123 e. The van der Waals surface area contributed by atoms with Gasteiger partial charge in [0.2, 0.25) is 0 Å². The average molecular weight is 257 g/mol. The Morgan fingerprint density at radius 3 is 2.89 bits per heavy atom. The van der Waals surface area contributed by atoms with Crippen LogP contribution in [0.15, 0.2) is 42.5 Å². The number of hydrogen-bond acceptors (Lipinski definition) is 2. The van der Waals surface area contributed by atoms with Crippen molar-refractivity contribution >= 4 is 0 Å². The molecule has 0 radical (unpaired) electrons. The summed E-state index contributed by atoms with van der Waals surface area (Å²) in [6, 6.07) is 12.9. The molecule has 0 bridgehead atoms. The van der Waals surface area contributed by atoms with E-state index in [4.69, 9.17) is 4.74 Å². The van der Waals surface area contributed by atoms with Crippen LogP contribution in [0.1, 0.15) is 22.7 Å². The van der Waals surface area contributed by atoms with Crippen LogP contribution >= 0.6 is 0 Å². The molecule has 0 saturated heterocycles. The van der Waals surface area contributed by atoms with Crippen LogP contribution in [-0.2, 0) is 6.42 Å². The largest absolute Gasteiger partial charge is 0.497 e. The van der Waals surface area contributed by atoms with Crippen molar-refractivity contribution in [2.45, 2.75) is 12.5 Å². The monoisotopic (exact) mass is 257 g/mol. The van der Waals surface area contributed by atoms with Gasteiger partial charge in [-0.2, -0.15) is 0 Å². The van der Waals surface area contributed by atoms with Crippen molar-refractivity contribution in [1.29, 1.82) is 0 Å². The summed E-state index contributed by atoms with van der Waals surface area (Å²) in [5.74, 6) is 0.637. The highest BCUT2D eigenvalue weighted by Crippen LogP contribution is 2.31. The molecule has 1 N–H and O–H groups in total. The minimum Gasteiger partial charge on any atom is -0.497 e. The number of hydrogen-bond donors (Lipinski definition) is 1. The highest BCUT2D eigenvalue weighted by atomic mass is 19.1. The van der Waals surface area contributed by atoms with Crippen molar-refractivity contribution in [3.05, 3.63) is 65.0 Å². The molecule has 3 rings (SSSR count). The fourth-order valence-corrected chi connectivity index (χ4v) is 2.64. The van der Waals surface area contributed by atoms with Crippen LogP contribution in [0, 0.1) is 5.82 Å². The highest BCUT2D eigenvalue weighted by molar-refractivity contribution is 5.43. The summed E-state index contributed by atoms with van der Waals surface area (Å²) in [5.41, 5.74) is 3.43. The molecule has 0 amide bonds. The smallest absolute Gasteiger partial charge is 0.123 e. The van der Waals surface area contributed by atoms with Crippen LogP contribution in [0.4, 0.5) is 4.39 Å². The molecule has 0 fully saturated rings. The number of nitrogens with one attached hydrogen (secondary N) is 1. The zero-order chi connectivity index (χ0) is 13.2. The summed E-state index contributed by atoms with van der Waals surface area (Å²) in [4.78, 5) is 0. The summed E-state index contributed by atoms with van der Waals surface area (Å²) in [5, 5.41) is 3.45. The van der Waals surface area contributed by atoms with E-state index in [2.05, 4.69) is 11.4 Å². The molecule has 2 aromatic rings. The molecule has 1 unspecified atom stereocenters. The normalized spacial score (nSPS) is 17.9. The van der Waals surface area contributed by atoms with E-state index in [-0.39, 0.29) is 11.9 Å². The quantitative estimate of drug-likeness (QED) is 0.892. The van der Waals surface area contributed by atoms with E-state index in [1.807, 2.05) is 18.2 Å². The molecule has 0 aliphatic carbocycles. The Kier molecular flexibility index (Phi) is 3.22. The van der Waals surface area contributed by atoms with Gasteiger partial charge in [-0.15, -0.1) is 0 Å². The van der Waals surface area contributed by atoms with Crippen molar-refractivity contribution in [1.82, 2.24) is 5.32 Å². The van der Waals surface area contributed by atoms with E-state index in [1.165, 1.54) is 17.2 Å². The van der Waals surface area contributed by atoms with Crippen LogP contribution in [-0.4, -0.2) is 13.7 Å². The fourth-order valence-electron chi connectivity index (χ4n) is 2.64. The highest BCUT2D eigenvalue weighted by Gasteiger charge is 2.22. The Morgan fingerprint density at radius 2 is 2.11 bits per heavy atom. The molecular weight excluding hydrogens is 241 g/mol. The Hall–Kier alpha value is -1.87. The lowest BCUT2D eigenvalue weighted by molar-refractivity contribution is 0.412. The molecule has 2 aromatic carbocycles. The first-order valence-electron chi connectivity index (χ1n) is 6.43. The first-order valence-corrected chi connectivity index (χ1v) is 6.43. The number of ether oxygens (including phenoxy) is 1. The van der Waals surface area contributed by atoms with Crippen LogP contribution in [0.2, 0.25) is 0 Å². The third-order valence-corrected chi connectivity index (χ3v) is 3.59. The molecule has 0 saturated carbocycles. The maximum atomic E-state index is 13.4. The molecule has 1 aliphatic heterocycles. The van der Waals surface area contributed by atoms with Gasteiger partial charge in [0.15, 0.2) is 0 Å². The number of methoxy groups -OCH3 is 1. The van der Waals surface area contributed by atoms with Gasteiger partial charge in [0.1, 0.15) is 11.6 Å². The summed E-state index contributed by atoms with van der Waals surface area (Å²) in [6.07, 6.45) is 0.991. The van der Waals surface area contributed by atoms with Crippen molar-refractivity contribution in [2.75, 3.05) is 13.7 Å². The van der Waals surface area contributed by atoms with Gasteiger partial charge in [0, 0.05) is 6.54 Å². The van der Waals surface area contributed by atoms with Crippen molar-refractivity contribution < 1.29 is 9.13 Å². The summed E-state index contributed by atoms with van der Waals surface area (Å²) < 4.78 is 18.7. The molecule has 0 spiro atoms. The lowest BCUT2D eigenvalue weighted by atomic mass is 9.89. The second kappa shape index (κ2) is 5.02. The number of fused-ring (bicyclic) bond motifs is 1. The van der Waals surface area contributed by atoms with Gasteiger partial charge in [0.05, 0.1) is 13.2 Å². The number of rotatable bonds is 2. The van der Waals surface area contributed by atoms with Crippen LogP contribution < -0.4 is 10.1 Å². The van der Waals surface area contributed by atoms with E-state index in [1.54, 1.807) is 19.2 Å². The number of halogens is 1. The minimum absolute atomic E-state index is 0.0366. The van der Waals surface area contributed by atoms with Gasteiger partial charge < -0.3 is 10.1 Å². The van der Waals surface area contributed by atoms with E-state index >= 15 is 0 Å². The van der Waals surface area contributed by atoms with Crippen molar-refractivity contribution in [3.63, 3.8) is 0 Å². The van der Waals surface area contributed by atoms with Crippen LogP contribution in [0.5, 0.6) is 5.75 Å². The summed E-state index contributed by atoms with van der Waals surface area (Å²) in [7, 11) is 1.66. The number of benzene rings is 2. The second-order valence-electron chi connectivity index (χ2n) is 4.76. The summed E-state index contributed by atoms with van der Waals surface area (Å²) >= 11 is 0.